The summed E-state index contributed by atoms with van der Waals surface area (Å²) in [5.41, 5.74) is 3.81. The summed E-state index contributed by atoms with van der Waals surface area (Å²) in [6.45, 7) is 12.8. The molecule has 3 heteroatoms. The van der Waals surface area contributed by atoms with Crippen LogP contribution in [0.1, 0.15) is 50.8 Å². The van der Waals surface area contributed by atoms with Gasteiger partial charge in [-0.25, -0.2) is 4.99 Å². The molecule has 1 aromatic rings. The second-order valence-electron chi connectivity index (χ2n) is 7.33. The SMILES string of the molecule is Cc1c(/C=N\C(=O)C2=CCC=C2)ccc(OC(C(C)C)C(C)C)c1C. The van der Waals surface area contributed by atoms with E-state index in [0.717, 1.165) is 28.9 Å². The third kappa shape index (κ3) is 4.68. The molecular formula is C22H29NO2. The first-order valence-corrected chi connectivity index (χ1v) is 9.03. The van der Waals surface area contributed by atoms with Gasteiger partial charge in [0.2, 0.25) is 0 Å². The summed E-state index contributed by atoms with van der Waals surface area (Å²) in [5.74, 6) is 1.62. The van der Waals surface area contributed by atoms with Crippen molar-refractivity contribution in [3.63, 3.8) is 0 Å². The molecule has 2 rings (SSSR count). The minimum absolute atomic E-state index is 0.181. The molecule has 0 unspecified atom stereocenters. The van der Waals surface area contributed by atoms with Gasteiger partial charge in [0.15, 0.2) is 0 Å². The zero-order chi connectivity index (χ0) is 18.6. The second kappa shape index (κ2) is 8.28. The maximum atomic E-state index is 12.0. The van der Waals surface area contributed by atoms with E-state index < -0.39 is 0 Å². The zero-order valence-corrected chi connectivity index (χ0v) is 16.2. The number of rotatable bonds is 6. The maximum absolute atomic E-state index is 12.0. The molecule has 3 nitrogen and oxygen atoms in total. The molecule has 0 aromatic heterocycles. The summed E-state index contributed by atoms with van der Waals surface area (Å²) in [4.78, 5) is 16.1. The molecule has 0 aliphatic heterocycles. The average Bonchev–Trinajstić information content (AvgIpc) is 3.09. The van der Waals surface area contributed by atoms with Gasteiger partial charge in [0.1, 0.15) is 11.9 Å². The largest absolute Gasteiger partial charge is 0.490 e. The highest BCUT2D eigenvalue weighted by molar-refractivity contribution is 6.03. The minimum Gasteiger partial charge on any atom is -0.490 e. The van der Waals surface area contributed by atoms with Gasteiger partial charge in [0.05, 0.1) is 0 Å². The molecule has 0 bridgehead atoms. The van der Waals surface area contributed by atoms with Gasteiger partial charge < -0.3 is 4.74 Å². The molecule has 0 fully saturated rings. The minimum atomic E-state index is -0.189. The highest BCUT2D eigenvalue weighted by Crippen LogP contribution is 2.28. The lowest BCUT2D eigenvalue weighted by Crippen LogP contribution is -2.29. The highest BCUT2D eigenvalue weighted by atomic mass is 16.5. The Labute approximate surface area is 151 Å². The third-order valence-electron chi connectivity index (χ3n) is 4.70. The average molecular weight is 339 g/mol. The Bertz CT molecular complexity index is 716. The van der Waals surface area contributed by atoms with Gasteiger partial charge >= 0.3 is 0 Å². The Morgan fingerprint density at radius 2 is 1.80 bits per heavy atom. The Morgan fingerprint density at radius 3 is 2.36 bits per heavy atom. The number of ether oxygens (including phenoxy) is 1. The van der Waals surface area contributed by atoms with Crippen molar-refractivity contribution in [2.24, 2.45) is 16.8 Å². The van der Waals surface area contributed by atoms with Gasteiger partial charge in [-0.1, -0.05) is 45.9 Å². The molecule has 1 aliphatic carbocycles. The molecule has 1 aromatic carbocycles. The van der Waals surface area contributed by atoms with Crippen molar-refractivity contribution in [2.75, 3.05) is 0 Å². The van der Waals surface area contributed by atoms with Crippen LogP contribution >= 0.6 is 0 Å². The van der Waals surface area contributed by atoms with Gasteiger partial charge in [-0.2, -0.15) is 0 Å². The van der Waals surface area contributed by atoms with Gasteiger partial charge in [0, 0.05) is 11.8 Å². The number of amides is 1. The van der Waals surface area contributed by atoms with Crippen LogP contribution in [0.5, 0.6) is 5.75 Å². The van der Waals surface area contributed by atoms with Crippen molar-refractivity contribution in [3.8, 4) is 5.75 Å². The number of hydrogen-bond acceptors (Lipinski definition) is 2. The molecule has 0 heterocycles. The monoisotopic (exact) mass is 339 g/mol. The standard InChI is InChI=1S/C22H29NO2/c1-14(2)21(15(3)4)25-20-12-11-19(16(5)17(20)6)13-23-22(24)18-9-7-8-10-18/h7,9-15,21H,8H2,1-6H3/b23-13-. The molecule has 1 aliphatic rings. The van der Waals surface area contributed by atoms with Gasteiger partial charge in [0.25, 0.3) is 5.91 Å². The maximum Gasteiger partial charge on any atom is 0.276 e. The smallest absolute Gasteiger partial charge is 0.276 e. The molecule has 0 N–H and O–H groups in total. The molecule has 0 atom stereocenters. The first-order valence-electron chi connectivity index (χ1n) is 9.03. The summed E-state index contributed by atoms with van der Waals surface area (Å²) in [5, 5.41) is 0. The first-order chi connectivity index (χ1) is 11.8. The fourth-order valence-electron chi connectivity index (χ4n) is 3.09. The van der Waals surface area contributed by atoms with Crippen LogP contribution in [-0.4, -0.2) is 18.2 Å². The van der Waals surface area contributed by atoms with Crippen LogP contribution in [0.2, 0.25) is 0 Å². The van der Waals surface area contributed by atoms with Crippen LogP contribution in [-0.2, 0) is 4.79 Å². The van der Waals surface area contributed by atoms with E-state index in [0.29, 0.717) is 17.4 Å². The number of hydrogen-bond donors (Lipinski definition) is 0. The van der Waals surface area contributed by atoms with E-state index in [4.69, 9.17) is 4.74 Å². The van der Waals surface area contributed by atoms with Crippen molar-refractivity contribution < 1.29 is 9.53 Å². The van der Waals surface area contributed by atoms with Crippen molar-refractivity contribution in [1.29, 1.82) is 0 Å². The third-order valence-corrected chi connectivity index (χ3v) is 4.70. The van der Waals surface area contributed by atoms with E-state index in [1.165, 1.54) is 0 Å². The topological polar surface area (TPSA) is 38.7 Å². The normalized spacial score (nSPS) is 14.2. The summed E-state index contributed by atoms with van der Waals surface area (Å²) >= 11 is 0. The van der Waals surface area contributed by atoms with Crippen LogP contribution < -0.4 is 4.74 Å². The van der Waals surface area contributed by atoms with Gasteiger partial charge in [-0.3, -0.25) is 4.79 Å². The fourth-order valence-corrected chi connectivity index (χ4v) is 3.09. The van der Waals surface area contributed by atoms with Crippen molar-refractivity contribution in [2.45, 2.75) is 54.1 Å². The summed E-state index contributed by atoms with van der Waals surface area (Å²) < 4.78 is 6.28. The number of nitrogens with zero attached hydrogens (tertiary/aromatic N) is 1. The number of aliphatic imine (C=N–C) groups is 1. The molecule has 1 amide bonds. The van der Waals surface area contributed by atoms with E-state index in [1.54, 1.807) is 6.21 Å². The Kier molecular flexibility index (Phi) is 6.35. The number of carbonyl (C=O) groups excluding carboxylic acids is 1. The summed E-state index contributed by atoms with van der Waals surface area (Å²) in [6.07, 6.45) is 8.33. The van der Waals surface area contributed by atoms with Crippen LogP contribution in [0, 0.1) is 25.7 Å². The summed E-state index contributed by atoms with van der Waals surface area (Å²) in [6, 6.07) is 3.96. The quantitative estimate of drug-likeness (QED) is 0.669. The molecule has 134 valence electrons. The summed E-state index contributed by atoms with van der Waals surface area (Å²) in [7, 11) is 0. The molecule has 0 spiro atoms. The van der Waals surface area contributed by atoms with E-state index in [-0.39, 0.29) is 12.0 Å². The van der Waals surface area contributed by atoms with Crippen molar-refractivity contribution in [3.05, 3.63) is 52.6 Å². The van der Waals surface area contributed by atoms with Crippen molar-refractivity contribution >= 4 is 12.1 Å². The van der Waals surface area contributed by atoms with E-state index >= 15 is 0 Å². The number of carbonyl (C=O) groups is 1. The lowest BCUT2D eigenvalue weighted by molar-refractivity contribution is -0.114. The Hall–Kier alpha value is -2.16. The molecule has 0 saturated carbocycles. The lowest BCUT2D eigenvalue weighted by atomic mass is 9.96. The van der Waals surface area contributed by atoms with Crippen molar-refractivity contribution in [1.82, 2.24) is 0 Å². The number of allylic oxidation sites excluding steroid dienone is 2. The van der Waals surface area contributed by atoms with Gasteiger partial charge in [-0.05, 0) is 60.9 Å². The van der Waals surface area contributed by atoms with Crippen LogP contribution in [0.3, 0.4) is 0 Å². The van der Waals surface area contributed by atoms with Crippen LogP contribution in [0.15, 0.2) is 40.9 Å². The molecule has 0 saturated heterocycles. The molecule has 0 radical (unpaired) electrons. The number of benzene rings is 1. The Morgan fingerprint density at radius 1 is 1.12 bits per heavy atom. The second-order valence-corrected chi connectivity index (χ2v) is 7.33. The molecule has 25 heavy (non-hydrogen) atoms. The van der Waals surface area contributed by atoms with E-state index in [1.807, 2.05) is 37.3 Å². The Balaban J connectivity index is 2.19. The van der Waals surface area contributed by atoms with E-state index in [9.17, 15) is 4.79 Å². The van der Waals surface area contributed by atoms with Gasteiger partial charge in [-0.15, -0.1) is 0 Å². The zero-order valence-electron chi connectivity index (χ0n) is 16.2. The predicted molar refractivity (Wildman–Crippen MR) is 104 cm³/mol. The predicted octanol–water partition coefficient (Wildman–Crippen LogP) is 5.19. The lowest BCUT2D eigenvalue weighted by Gasteiger charge is -2.27. The van der Waals surface area contributed by atoms with Crippen LogP contribution in [0.25, 0.3) is 0 Å². The van der Waals surface area contributed by atoms with Crippen LogP contribution in [0.4, 0.5) is 0 Å². The fraction of sp³-hybridized carbons (Fsp3) is 0.455. The highest BCUT2D eigenvalue weighted by Gasteiger charge is 2.20. The van der Waals surface area contributed by atoms with E-state index in [2.05, 4.69) is 39.6 Å². The first kappa shape index (κ1) is 19.2. The molecular weight excluding hydrogens is 310 g/mol.